The first-order valence-corrected chi connectivity index (χ1v) is 6.73. The minimum Gasteiger partial charge on any atom is -0.387 e. The lowest BCUT2D eigenvalue weighted by Crippen LogP contribution is -2.29. The zero-order chi connectivity index (χ0) is 15.4. The Kier molecular flexibility index (Phi) is 4.77. The van der Waals surface area contributed by atoms with Crippen LogP contribution < -0.4 is 10.9 Å². The summed E-state index contributed by atoms with van der Waals surface area (Å²) in [5.74, 6) is -0.349. The Morgan fingerprint density at radius 1 is 1.29 bits per heavy atom. The molecule has 0 aliphatic rings. The Morgan fingerprint density at radius 3 is 2.57 bits per heavy atom. The van der Waals surface area contributed by atoms with Crippen LogP contribution >= 0.6 is 11.6 Å². The number of aryl methyl sites for hydroxylation is 1. The van der Waals surface area contributed by atoms with E-state index in [0.29, 0.717) is 16.1 Å². The summed E-state index contributed by atoms with van der Waals surface area (Å²) in [6, 6.07) is 9.53. The molecule has 5 nitrogen and oxygen atoms in total. The summed E-state index contributed by atoms with van der Waals surface area (Å²) in [5.41, 5.74) is 0.841. The van der Waals surface area contributed by atoms with Gasteiger partial charge < -0.3 is 15.0 Å². The molecule has 1 heterocycles. The number of carbonyl (C=O) groups excluding carboxylic acids is 1. The van der Waals surface area contributed by atoms with Gasteiger partial charge >= 0.3 is 0 Å². The predicted octanol–water partition coefficient (Wildman–Crippen LogP) is 1.50. The van der Waals surface area contributed by atoms with E-state index in [1.165, 1.54) is 22.9 Å². The van der Waals surface area contributed by atoms with Crippen molar-refractivity contribution < 1.29 is 9.90 Å². The molecule has 1 unspecified atom stereocenters. The van der Waals surface area contributed by atoms with Crippen molar-refractivity contribution in [1.29, 1.82) is 0 Å². The fourth-order valence-corrected chi connectivity index (χ4v) is 1.95. The van der Waals surface area contributed by atoms with Gasteiger partial charge in [0.15, 0.2) is 0 Å². The van der Waals surface area contributed by atoms with Gasteiger partial charge in [0.2, 0.25) is 5.56 Å². The molecule has 0 fully saturated rings. The standard InChI is InChI=1S/C15H15ClN2O3/c1-18-9-11(4-7-14(18)20)15(21)17-8-13(19)10-2-5-12(16)6-3-10/h2-7,9,13,19H,8H2,1H3,(H,17,21). The molecule has 1 aromatic heterocycles. The van der Waals surface area contributed by atoms with Crippen LogP contribution in [0, 0.1) is 0 Å². The summed E-state index contributed by atoms with van der Waals surface area (Å²) in [4.78, 5) is 23.2. The Morgan fingerprint density at radius 2 is 1.95 bits per heavy atom. The summed E-state index contributed by atoms with van der Waals surface area (Å²) in [5, 5.41) is 13.2. The minimum absolute atomic E-state index is 0.0727. The van der Waals surface area contributed by atoms with Crippen molar-refractivity contribution in [3.05, 3.63) is 69.1 Å². The Hall–Kier alpha value is -2.11. The smallest absolute Gasteiger partial charge is 0.252 e. The van der Waals surface area contributed by atoms with Crippen molar-refractivity contribution in [2.75, 3.05) is 6.54 Å². The number of hydrogen-bond donors (Lipinski definition) is 2. The number of aliphatic hydroxyl groups excluding tert-OH is 1. The summed E-state index contributed by atoms with van der Waals surface area (Å²) in [6.45, 7) is 0.0727. The van der Waals surface area contributed by atoms with Gasteiger partial charge in [0.25, 0.3) is 5.91 Å². The molecule has 0 bridgehead atoms. The Labute approximate surface area is 126 Å². The number of carbonyl (C=O) groups is 1. The molecule has 1 aromatic carbocycles. The molecule has 6 heteroatoms. The molecule has 21 heavy (non-hydrogen) atoms. The van der Waals surface area contributed by atoms with Crippen LogP contribution in [-0.2, 0) is 7.05 Å². The average Bonchev–Trinajstić information content (AvgIpc) is 2.48. The molecule has 0 saturated heterocycles. The lowest BCUT2D eigenvalue weighted by molar-refractivity contribution is 0.0915. The lowest BCUT2D eigenvalue weighted by atomic mass is 10.1. The third kappa shape index (κ3) is 3.93. The van der Waals surface area contributed by atoms with E-state index in [1.807, 2.05) is 0 Å². The molecule has 1 amide bonds. The van der Waals surface area contributed by atoms with Crippen LogP contribution in [0.3, 0.4) is 0 Å². The second-order valence-corrected chi connectivity index (χ2v) is 5.08. The summed E-state index contributed by atoms with van der Waals surface area (Å²) < 4.78 is 1.32. The van der Waals surface area contributed by atoms with E-state index in [0.717, 1.165) is 0 Å². The fraction of sp³-hybridized carbons (Fsp3) is 0.200. The van der Waals surface area contributed by atoms with Crippen LogP contribution in [0.1, 0.15) is 22.0 Å². The van der Waals surface area contributed by atoms with E-state index in [9.17, 15) is 14.7 Å². The largest absolute Gasteiger partial charge is 0.387 e. The van der Waals surface area contributed by atoms with Gasteiger partial charge in [0.1, 0.15) is 0 Å². The molecule has 0 spiro atoms. The predicted molar refractivity (Wildman–Crippen MR) is 80.4 cm³/mol. The highest BCUT2D eigenvalue weighted by Gasteiger charge is 2.11. The first-order valence-electron chi connectivity index (χ1n) is 6.36. The second kappa shape index (κ2) is 6.56. The maximum Gasteiger partial charge on any atom is 0.252 e. The van der Waals surface area contributed by atoms with Gasteiger partial charge in [-0.25, -0.2) is 0 Å². The second-order valence-electron chi connectivity index (χ2n) is 4.64. The minimum atomic E-state index is -0.821. The monoisotopic (exact) mass is 306 g/mol. The van der Waals surface area contributed by atoms with Gasteiger partial charge in [-0.1, -0.05) is 23.7 Å². The normalized spacial score (nSPS) is 12.0. The van der Waals surface area contributed by atoms with E-state index < -0.39 is 6.10 Å². The summed E-state index contributed by atoms with van der Waals surface area (Å²) >= 11 is 5.77. The number of benzene rings is 1. The third-order valence-electron chi connectivity index (χ3n) is 3.06. The highest BCUT2D eigenvalue weighted by molar-refractivity contribution is 6.30. The molecule has 1 atom stereocenters. The average molecular weight is 307 g/mol. The van der Waals surface area contributed by atoms with Crippen molar-refractivity contribution >= 4 is 17.5 Å². The van der Waals surface area contributed by atoms with Gasteiger partial charge in [0.05, 0.1) is 11.7 Å². The molecule has 2 N–H and O–H groups in total. The van der Waals surface area contributed by atoms with Crippen LogP contribution in [0.2, 0.25) is 5.02 Å². The van der Waals surface area contributed by atoms with Gasteiger partial charge in [-0.2, -0.15) is 0 Å². The first-order chi connectivity index (χ1) is 9.97. The molecule has 2 aromatic rings. The van der Waals surface area contributed by atoms with Crippen molar-refractivity contribution in [2.24, 2.45) is 7.05 Å². The van der Waals surface area contributed by atoms with Crippen molar-refractivity contribution in [3.63, 3.8) is 0 Å². The van der Waals surface area contributed by atoms with Gasteiger partial charge in [-0.15, -0.1) is 0 Å². The molecular formula is C15H15ClN2O3. The Balaban J connectivity index is 1.98. The number of aliphatic hydroxyl groups is 1. The van der Waals surface area contributed by atoms with E-state index in [-0.39, 0.29) is 18.0 Å². The van der Waals surface area contributed by atoms with Crippen LogP contribution in [0.15, 0.2) is 47.4 Å². The number of nitrogens with one attached hydrogen (secondary N) is 1. The maximum atomic E-state index is 11.9. The number of amides is 1. The van der Waals surface area contributed by atoms with Crippen LogP contribution in [-0.4, -0.2) is 22.1 Å². The number of rotatable bonds is 4. The topological polar surface area (TPSA) is 71.3 Å². The van der Waals surface area contributed by atoms with Crippen molar-refractivity contribution in [3.8, 4) is 0 Å². The number of hydrogen-bond acceptors (Lipinski definition) is 3. The Bertz CT molecular complexity index is 695. The van der Waals surface area contributed by atoms with Gasteiger partial charge in [0, 0.05) is 30.9 Å². The molecular weight excluding hydrogens is 292 g/mol. The molecule has 110 valence electrons. The molecule has 2 rings (SSSR count). The van der Waals surface area contributed by atoms with E-state index in [1.54, 1.807) is 31.3 Å². The van der Waals surface area contributed by atoms with E-state index in [2.05, 4.69) is 5.32 Å². The highest BCUT2D eigenvalue weighted by atomic mass is 35.5. The fourth-order valence-electron chi connectivity index (χ4n) is 1.82. The van der Waals surface area contributed by atoms with Crippen LogP contribution in [0.5, 0.6) is 0 Å². The van der Waals surface area contributed by atoms with Gasteiger partial charge in [-0.3, -0.25) is 9.59 Å². The number of pyridine rings is 1. The molecule has 0 aliphatic carbocycles. The molecule has 0 saturated carbocycles. The summed E-state index contributed by atoms with van der Waals surface area (Å²) in [6.07, 6.45) is 0.630. The molecule has 0 radical (unpaired) electrons. The molecule has 0 aliphatic heterocycles. The SMILES string of the molecule is Cn1cc(C(=O)NCC(O)c2ccc(Cl)cc2)ccc1=O. The highest BCUT2D eigenvalue weighted by Crippen LogP contribution is 2.15. The van der Waals surface area contributed by atoms with E-state index >= 15 is 0 Å². The zero-order valence-electron chi connectivity index (χ0n) is 11.4. The number of nitrogens with zero attached hydrogens (tertiary/aromatic N) is 1. The van der Waals surface area contributed by atoms with Crippen LogP contribution in [0.25, 0.3) is 0 Å². The first kappa shape index (κ1) is 15.3. The quantitative estimate of drug-likeness (QED) is 0.899. The zero-order valence-corrected chi connectivity index (χ0v) is 12.2. The summed E-state index contributed by atoms with van der Waals surface area (Å²) in [7, 11) is 1.57. The van der Waals surface area contributed by atoms with Gasteiger partial charge in [-0.05, 0) is 23.8 Å². The van der Waals surface area contributed by atoms with E-state index in [4.69, 9.17) is 11.6 Å². The maximum absolute atomic E-state index is 11.9. The van der Waals surface area contributed by atoms with Crippen LogP contribution in [0.4, 0.5) is 0 Å². The number of halogens is 1. The van der Waals surface area contributed by atoms with Crippen molar-refractivity contribution in [1.82, 2.24) is 9.88 Å². The van der Waals surface area contributed by atoms with Crippen molar-refractivity contribution in [2.45, 2.75) is 6.10 Å². The third-order valence-corrected chi connectivity index (χ3v) is 3.31. The number of aromatic nitrogens is 1. The lowest BCUT2D eigenvalue weighted by Gasteiger charge is -2.12.